The van der Waals surface area contributed by atoms with Gasteiger partial charge in [-0.15, -0.1) is 0 Å². The molecule has 0 aromatic carbocycles. The van der Waals surface area contributed by atoms with Gasteiger partial charge < -0.3 is 10.1 Å². The van der Waals surface area contributed by atoms with Crippen LogP contribution in [-0.4, -0.2) is 28.7 Å². The third-order valence-corrected chi connectivity index (χ3v) is 4.26. The largest absolute Gasteiger partial charge is 0.374 e. The molecule has 1 N–H and O–H groups in total. The van der Waals surface area contributed by atoms with E-state index >= 15 is 0 Å². The highest BCUT2D eigenvalue weighted by atomic mass is 16.5. The molecule has 0 radical (unpaired) electrons. The summed E-state index contributed by atoms with van der Waals surface area (Å²) in [5.74, 6) is 1.48. The Morgan fingerprint density at radius 2 is 2.35 bits per heavy atom. The molecule has 4 nitrogen and oxygen atoms in total. The average Bonchev–Trinajstić information content (AvgIpc) is 3.00. The van der Waals surface area contributed by atoms with Crippen LogP contribution in [-0.2, 0) is 17.7 Å². The first kappa shape index (κ1) is 9.97. The zero-order valence-electron chi connectivity index (χ0n) is 9.85. The van der Waals surface area contributed by atoms with Crippen molar-refractivity contribution in [2.45, 2.75) is 50.4 Å². The Bertz CT molecular complexity index is 448. The van der Waals surface area contributed by atoms with Gasteiger partial charge in [-0.05, 0) is 19.3 Å². The molecule has 3 atom stereocenters. The molecule has 1 aromatic rings. The highest BCUT2D eigenvalue weighted by molar-refractivity contribution is 5.22. The van der Waals surface area contributed by atoms with Crippen LogP contribution in [0.15, 0.2) is 6.20 Å². The number of fused-ring (bicyclic) bond motifs is 3. The monoisotopic (exact) mass is 231 g/mol. The second kappa shape index (κ2) is 3.75. The predicted molar refractivity (Wildman–Crippen MR) is 62.7 cm³/mol. The minimum absolute atomic E-state index is 0.389. The first-order valence-electron chi connectivity index (χ1n) is 6.61. The van der Waals surface area contributed by atoms with E-state index in [1.807, 2.05) is 6.20 Å². The normalized spacial score (nSPS) is 34.9. The van der Waals surface area contributed by atoms with Crippen molar-refractivity contribution in [3.8, 4) is 0 Å². The fourth-order valence-corrected chi connectivity index (χ4v) is 3.34. The summed E-state index contributed by atoms with van der Waals surface area (Å²) in [5, 5.41) is 3.35. The van der Waals surface area contributed by atoms with Gasteiger partial charge in [0.1, 0.15) is 5.82 Å². The lowest BCUT2D eigenvalue weighted by atomic mass is 9.88. The standard InChI is InChI=1S/C13H17N3O/c1-2-12-10(5-9(1)17-12)13-15-7-8-6-14-4-3-11(8)16-13/h7,9-10,12,14H,1-6H2. The van der Waals surface area contributed by atoms with Crippen molar-refractivity contribution in [3.63, 3.8) is 0 Å². The third kappa shape index (κ3) is 1.58. The summed E-state index contributed by atoms with van der Waals surface area (Å²) < 4.78 is 5.89. The van der Waals surface area contributed by atoms with Crippen molar-refractivity contribution in [3.05, 3.63) is 23.3 Å². The number of hydrogen-bond acceptors (Lipinski definition) is 4. The molecular weight excluding hydrogens is 214 g/mol. The fourth-order valence-electron chi connectivity index (χ4n) is 3.34. The Morgan fingerprint density at radius 3 is 3.18 bits per heavy atom. The molecule has 2 bridgehead atoms. The van der Waals surface area contributed by atoms with Crippen molar-refractivity contribution in [2.75, 3.05) is 6.54 Å². The summed E-state index contributed by atoms with van der Waals surface area (Å²) in [6, 6.07) is 0. The van der Waals surface area contributed by atoms with Crippen LogP contribution in [0.1, 0.15) is 42.3 Å². The number of ether oxygens (including phenoxy) is 1. The number of hydrogen-bond donors (Lipinski definition) is 1. The van der Waals surface area contributed by atoms with Crippen molar-refractivity contribution in [1.82, 2.24) is 15.3 Å². The Kier molecular flexibility index (Phi) is 2.20. The van der Waals surface area contributed by atoms with Crippen LogP contribution in [0.4, 0.5) is 0 Å². The van der Waals surface area contributed by atoms with E-state index in [0.717, 1.165) is 31.8 Å². The molecule has 4 rings (SSSR count). The Hall–Kier alpha value is -1.00. The fraction of sp³-hybridized carbons (Fsp3) is 0.692. The van der Waals surface area contributed by atoms with Crippen molar-refractivity contribution < 1.29 is 4.74 Å². The molecule has 4 heterocycles. The maximum atomic E-state index is 5.89. The van der Waals surface area contributed by atoms with E-state index in [2.05, 4.69) is 10.3 Å². The van der Waals surface area contributed by atoms with E-state index in [1.54, 1.807) is 0 Å². The van der Waals surface area contributed by atoms with Gasteiger partial charge in [0.05, 0.1) is 12.2 Å². The minimum Gasteiger partial charge on any atom is -0.374 e. The van der Waals surface area contributed by atoms with E-state index in [9.17, 15) is 0 Å². The zero-order valence-corrected chi connectivity index (χ0v) is 9.85. The van der Waals surface area contributed by atoms with Gasteiger partial charge in [0, 0.05) is 42.9 Å². The molecule has 0 aliphatic carbocycles. The minimum atomic E-state index is 0.389. The number of nitrogens with zero attached hydrogens (tertiary/aromatic N) is 2. The van der Waals surface area contributed by atoms with Crippen molar-refractivity contribution >= 4 is 0 Å². The van der Waals surface area contributed by atoms with Crippen LogP contribution in [0.3, 0.4) is 0 Å². The van der Waals surface area contributed by atoms with E-state index in [0.29, 0.717) is 18.1 Å². The molecule has 3 aliphatic heterocycles. The predicted octanol–water partition coefficient (Wildman–Crippen LogP) is 1.16. The molecule has 4 heteroatoms. The highest BCUT2D eigenvalue weighted by Gasteiger charge is 2.43. The van der Waals surface area contributed by atoms with E-state index < -0.39 is 0 Å². The van der Waals surface area contributed by atoms with Gasteiger partial charge in [0.2, 0.25) is 0 Å². The van der Waals surface area contributed by atoms with Crippen LogP contribution >= 0.6 is 0 Å². The van der Waals surface area contributed by atoms with Gasteiger partial charge in [-0.2, -0.15) is 0 Å². The van der Waals surface area contributed by atoms with Crippen LogP contribution < -0.4 is 5.32 Å². The topological polar surface area (TPSA) is 47.0 Å². The van der Waals surface area contributed by atoms with Gasteiger partial charge in [0.15, 0.2) is 0 Å². The first-order chi connectivity index (χ1) is 8.40. The van der Waals surface area contributed by atoms with Crippen LogP contribution in [0, 0.1) is 0 Å². The lowest BCUT2D eigenvalue weighted by Crippen LogP contribution is -2.26. The molecule has 3 unspecified atom stereocenters. The lowest BCUT2D eigenvalue weighted by Gasteiger charge is -2.20. The highest BCUT2D eigenvalue weighted by Crippen LogP contribution is 2.43. The maximum Gasteiger partial charge on any atom is 0.134 e. The number of aromatic nitrogens is 2. The Labute approximate surface area is 101 Å². The van der Waals surface area contributed by atoms with E-state index in [1.165, 1.54) is 24.1 Å². The molecule has 2 saturated heterocycles. The van der Waals surface area contributed by atoms with Crippen LogP contribution in [0.25, 0.3) is 0 Å². The summed E-state index contributed by atoms with van der Waals surface area (Å²) in [5.41, 5.74) is 2.51. The number of nitrogens with one attached hydrogen (secondary N) is 1. The first-order valence-corrected chi connectivity index (χ1v) is 6.61. The van der Waals surface area contributed by atoms with Crippen molar-refractivity contribution in [1.29, 1.82) is 0 Å². The third-order valence-electron chi connectivity index (χ3n) is 4.26. The zero-order chi connectivity index (χ0) is 11.2. The molecular formula is C13H17N3O. The maximum absolute atomic E-state index is 5.89. The van der Waals surface area contributed by atoms with Gasteiger partial charge in [0.25, 0.3) is 0 Å². The second-order valence-corrected chi connectivity index (χ2v) is 5.34. The average molecular weight is 231 g/mol. The molecule has 17 heavy (non-hydrogen) atoms. The molecule has 3 aliphatic rings. The summed E-state index contributed by atoms with van der Waals surface area (Å²) in [4.78, 5) is 9.34. The van der Waals surface area contributed by atoms with E-state index in [-0.39, 0.29) is 0 Å². The number of rotatable bonds is 1. The van der Waals surface area contributed by atoms with E-state index in [4.69, 9.17) is 9.72 Å². The molecule has 2 fully saturated rings. The van der Waals surface area contributed by atoms with Gasteiger partial charge in [-0.1, -0.05) is 0 Å². The summed E-state index contributed by atoms with van der Waals surface area (Å²) >= 11 is 0. The van der Waals surface area contributed by atoms with Gasteiger partial charge in [-0.25, -0.2) is 9.97 Å². The van der Waals surface area contributed by atoms with Crippen LogP contribution in [0.5, 0.6) is 0 Å². The Balaban J connectivity index is 1.66. The summed E-state index contributed by atoms with van der Waals surface area (Å²) in [7, 11) is 0. The van der Waals surface area contributed by atoms with Gasteiger partial charge >= 0.3 is 0 Å². The van der Waals surface area contributed by atoms with Crippen LogP contribution in [0.2, 0.25) is 0 Å². The lowest BCUT2D eigenvalue weighted by molar-refractivity contribution is 0.0998. The molecule has 0 amide bonds. The second-order valence-electron chi connectivity index (χ2n) is 5.34. The van der Waals surface area contributed by atoms with Gasteiger partial charge in [-0.3, -0.25) is 0 Å². The SMILES string of the molecule is c1nc(C2CC3CCC2O3)nc2c1CNCC2. The summed E-state index contributed by atoms with van der Waals surface area (Å²) in [6.07, 6.45) is 7.46. The molecule has 90 valence electrons. The quantitative estimate of drug-likeness (QED) is 0.788. The summed E-state index contributed by atoms with van der Waals surface area (Å²) in [6.45, 7) is 1.96. The Morgan fingerprint density at radius 1 is 1.35 bits per heavy atom. The molecule has 1 aromatic heterocycles. The van der Waals surface area contributed by atoms with Crippen molar-refractivity contribution in [2.24, 2.45) is 0 Å². The molecule has 0 saturated carbocycles. The molecule has 0 spiro atoms. The smallest absolute Gasteiger partial charge is 0.134 e.